The summed E-state index contributed by atoms with van der Waals surface area (Å²) in [4.78, 5) is 0. The number of aromatic nitrogens is 2. The fourth-order valence-corrected chi connectivity index (χ4v) is 2.28. The van der Waals surface area contributed by atoms with Gasteiger partial charge in [-0.3, -0.25) is 5.73 Å². The third-order valence-electron chi connectivity index (χ3n) is 3.17. The lowest BCUT2D eigenvalue weighted by Crippen LogP contribution is -2.44. The Hall–Kier alpha value is -1.06. The largest absolute Gasteiger partial charge is 0.338 e. The van der Waals surface area contributed by atoms with Crippen LogP contribution in [0.15, 0.2) is 4.52 Å². The van der Waals surface area contributed by atoms with Gasteiger partial charge >= 0.3 is 5.82 Å². The quantitative estimate of drug-likeness (QED) is 0.761. The Bertz CT molecular complexity index is 327. The molecule has 0 aliphatic heterocycles. The van der Waals surface area contributed by atoms with E-state index in [9.17, 15) is 0 Å². The molecule has 1 heterocycles. The van der Waals surface area contributed by atoms with Crippen LogP contribution in [0.2, 0.25) is 0 Å². The van der Waals surface area contributed by atoms with Crippen molar-refractivity contribution in [3.63, 3.8) is 0 Å². The minimum absolute atomic E-state index is 0.308. The molecule has 2 N–H and O–H groups in total. The topological polar surface area (TPSA) is 55.9 Å². The molecule has 0 amide bonds. The Morgan fingerprint density at radius 2 is 2.00 bits per heavy atom. The van der Waals surface area contributed by atoms with Crippen molar-refractivity contribution >= 4 is 5.82 Å². The molecule has 0 saturated heterocycles. The van der Waals surface area contributed by atoms with Crippen LogP contribution in [0.3, 0.4) is 0 Å². The van der Waals surface area contributed by atoms with E-state index in [1.165, 1.54) is 32.1 Å². The molecule has 1 fully saturated rings. The van der Waals surface area contributed by atoms with E-state index >= 15 is 0 Å². The summed E-state index contributed by atoms with van der Waals surface area (Å²) in [7, 11) is 0. The maximum Gasteiger partial charge on any atom is 0.338 e. The second kappa shape index (κ2) is 4.21. The summed E-state index contributed by atoms with van der Waals surface area (Å²) in [6, 6.07) is 0.454. The number of nitrogen functional groups attached to an aromatic ring is 1. The lowest BCUT2D eigenvalue weighted by atomic mass is 9.95. The molecule has 4 nitrogen and oxygen atoms in total. The molecule has 0 radical (unpaired) electrons. The molecule has 0 atom stereocenters. The molecular weight excluding hydrogens is 190 g/mol. The Morgan fingerprint density at radius 3 is 2.53 bits per heavy atom. The van der Waals surface area contributed by atoms with Gasteiger partial charge in [-0.1, -0.05) is 25.0 Å². The molecule has 0 aromatic carbocycles. The molecule has 1 aromatic heterocycles. The number of nitrogens with two attached hydrogens (primary N) is 1. The second-order valence-corrected chi connectivity index (χ2v) is 4.71. The van der Waals surface area contributed by atoms with Gasteiger partial charge in [0.25, 0.3) is 0 Å². The second-order valence-electron chi connectivity index (χ2n) is 4.71. The highest BCUT2D eigenvalue weighted by Crippen LogP contribution is 2.26. The van der Waals surface area contributed by atoms with Crippen LogP contribution >= 0.6 is 0 Å². The molecule has 4 heteroatoms. The zero-order valence-corrected chi connectivity index (χ0v) is 9.57. The Kier molecular flexibility index (Phi) is 2.93. The average Bonchev–Trinajstić information content (AvgIpc) is 2.61. The summed E-state index contributed by atoms with van der Waals surface area (Å²) in [5, 5.41) is 4.08. The van der Waals surface area contributed by atoms with Crippen LogP contribution in [0.25, 0.3) is 0 Å². The highest BCUT2D eigenvalue weighted by Gasteiger charge is 2.29. The molecule has 1 aromatic rings. The smallest absolute Gasteiger partial charge is 0.320 e. The molecule has 0 spiro atoms. The molecule has 1 saturated carbocycles. The molecule has 15 heavy (non-hydrogen) atoms. The number of hydrogen-bond acceptors (Lipinski definition) is 3. The Labute approximate surface area is 90.4 Å². The van der Waals surface area contributed by atoms with Crippen molar-refractivity contribution < 1.29 is 9.20 Å². The van der Waals surface area contributed by atoms with Gasteiger partial charge in [0, 0.05) is 5.92 Å². The van der Waals surface area contributed by atoms with E-state index in [0.29, 0.717) is 12.0 Å². The minimum Gasteiger partial charge on any atom is -0.320 e. The summed E-state index contributed by atoms with van der Waals surface area (Å²) in [6.07, 6.45) is 6.26. The van der Waals surface area contributed by atoms with E-state index in [1.54, 1.807) is 0 Å². The minimum atomic E-state index is 0.308. The van der Waals surface area contributed by atoms with E-state index in [2.05, 4.69) is 19.1 Å². The predicted molar refractivity (Wildman–Crippen MR) is 57.3 cm³/mol. The lowest BCUT2D eigenvalue weighted by molar-refractivity contribution is -0.775. The van der Waals surface area contributed by atoms with E-state index < -0.39 is 0 Å². The van der Waals surface area contributed by atoms with Crippen molar-refractivity contribution in [2.75, 3.05) is 5.73 Å². The number of hydrogen-bond donors (Lipinski definition) is 1. The molecular formula is C11H20N3O+. The molecule has 1 aliphatic rings. The SMILES string of the molecule is CC(C)c1on[n+](C2CCCCC2)c1N. The summed E-state index contributed by atoms with van der Waals surface area (Å²) >= 11 is 0. The van der Waals surface area contributed by atoms with Crippen molar-refractivity contribution in [3.05, 3.63) is 5.76 Å². The normalized spacial score (nSPS) is 18.6. The predicted octanol–water partition coefficient (Wildman–Crippen LogP) is 2.17. The van der Waals surface area contributed by atoms with Gasteiger partial charge in [0.05, 0.1) is 0 Å². The van der Waals surface area contributed by atoms with E-state index in [4.69, 9.17) is 10.3 Å². The molecule has 2 rings (SSSR count). The Morgan fingerprint density at radius 1 is 1.33 bits per heavy atom. The Balaban J connectivity index is 2.20. The van der Waals surface area contributed by atoms with Crippen LogP contribution < -0.4 is 10.4 Å². The first-order valence-corrected chi connectivity index (χ1v) is 5.87. The van der Waals surface area contributed by atoms with Gasteiger partial charge in [0.15, 0.2) is 0 Å². The van der Waals surface area contributed by atoms with Gasteiger partial charge in [0.2, 0.25) is 5.76 Å². The van der Waals surface area contributed by atoms with Gasteiger partial charge in [-0.25, -0.2) is 0 Å². The highest BCUT2D eigenvalue weighted by atomic mass is 16.5. The summed E-state index contributed by atoms with van der Waals surface area (Å²) < 4.78 is 7.18. The van der Waals surface area contributed by atoms with Crippen LogP contribution in [0, 0.1) is 0 Å². The van der Waals surface area contributed by atoms with Crippen molar-refractivity contribution in [2.24, 2.45) is 0 Å². The third kappa shape index (κ3) is 1.98. The maximum atomic E-state index is 6.04. The monoisotopic (exact) mass is 210 g/mol. The van der Waals surface area contributed by atoms with Gasteiger partial charge in [-0.15, -0.1) is 0 Å². The van der Waals surface area contributed by atoms with Crippen LogP contribution in [0.5, 0.6) is 0 Å². The molecule has 84 valence electrons. The molecule has 1 aliphatic carbocycles. The zero-order chi connectivity index (χ0) is 10.8. The first-order valence-electron chi connectivity index (χ1n) is 5.87. The van der Waals surface area contributed by atoms with Gasteiger partial charge in [-0.05, 0) is 25.7 Å². The lowest BCUT2D eigenvalue weighted by Gasteiger charge is -2.16. The van der Waals surface area contributed by atoms with Crippen molar-refractivity contribution in [3.8, 4) is 0 Å². The average molecular weight is 210 g/mol. The van der Waals surface area contributed by atoms with E-state index in [1.807, 2.05) is 4.68 Å². The summed E-state index contributed by atoms with van der Waals surface area (Å²) in [5.41, 5.74) is 6.04. The van der Waals surface area contributed by atoms with Crippen LogP contribution in [-0.2, 0) is 0 Å². The number of nitrogens with zero attached hydrogens (tertiary/aromatic N) is 2. The third-order valence-corrected chi connectivity index (χ3v) is 3.17. The van der Waals surface area contributed by atoms with Gasteiger partial charge < -0.3 is 4.52 Å². The van der Waals surface area contributed by atoms with Gasteiger partial charge in [-0.2, -0.15) is 0 Å². The number of rotatable bonds is 2. The highest BCUT2D eigenvalue weighted by molar-refractivity contribution is 5.26. The summed E-state index contributed by atoms with van der Waals surface area (Å²) in [5.74, 6) is 1.85. The van der Waals surface area contributed by atoms with Crippen LogP contribution in [0.4, 0.5) is 5.82 Å². The first-order chi connectivity index (χ1) is 7.20. The van der Waals surface area contributed by atoms with E-state index in [-0.39, 0.29) is 0 Å². The zero-order valence-electron chi connectivity index (χ0n) is 9.57. The van der Waals surface area contributed by atoms with Crippen LogP contribution in [0.1, 0.15) is 63.7 Å². The van der Waals surface area contributed by atoms with Crippen molar-refractivity contribution in [1.29, 1.82) is 0 Å². The van der Waals surface area contributed by atoms with Crippen molar-refractivity contribution in [2.45, 2.75) is 57.9 Å². The molecule has 0 unspecified atom stereocenters. The van der Waals surface area contributed by atoms with Crippen molar-refractivity contribution in [1.82, 2.24) is 5.27 Å². The number of anilines is 1. The first kappa shape index (κ1) is 10.5. The molecule has 0 bridgehead atoms. The fourth-order valence-electron chi connectivity index (χ4n) is 2.28. The van der Waals surface area contributed by atoms with Crippen LogP contribution in [-0.4, -0.2) is 5.27 Å². The van der Waals surface area contributed by atoms with E-state index in [0.717, 1.165) is 11.6 Å². The maximum absolute atomic E-state index is 6.04. The fraction of sp³-hybridized carbons (Fsp3) is 0.818. The summed E-state index contributed by atoms with van der Waals surface area (Å²) in [6.45, 7) is 4.14. The standard InChI is InChI=1S/C11H20N3O/c1-8(2)10-11(12)14(13-15-10)9-6-4-3-5-7-9/h8-9H,3-7,12H2,1-2H3/q+1. The van der Waals surface area contributed by atoms with Gasteiger partial charge in [0.1, 0.15) is 11.3 Å².